The molecule has 0 aromatic carbocycles. The Labute approximate surface area is 152 Å². The van der Waals surface area contributed by atoms with Crippen LogP contribution in [0.4, 0.5) is 0 Å². The molecule has 26 heavy (non-hydrogen) atoms. The van der Waals surface area contributed by atoms with E-state index in [0.717, 1.165) is 22.6 Å². The highest BCUT2D eigenvalue weighted by atomic mass is 16.5. The molecule has 0 saturated heterocycles. The fourth-order valence-electron chi connectivity index (χ4n) is 3.11. The lowest BCUT2D eigenvalue weighted by atomic mass is 10.1. The van der Waals surface area contributed by atoms with E-state index in [0.29, 0.717) is 11.4 Å². The number of carbonyl (C=O) groups is 1. The second-order valence-electron chi connectivity index (χ2n) is 6.04. The summed E-state index contributed by atoms with van der Waals surface area (Å²) in [5.41, 5.74) is 4.93. The lowest BCUT2D eigenvalue weighted by Gasteiger charge is -2.08. The molecule has 3 heterocycles. The maximum absolute atomic E-state index is 12.0. The van der Waals surface area contributed by atoms with Gasteiger partial charge >= 0.3 is 5.97 Å². The maximum Gasteiger partial charge on any atom is 0.343 e. The third kappa shape index (κ3) is 3.06. The van der Waals surface area contributed by atoms with Gasteiger partial charge in [0.25, 0.3) is 0 Å². The number of ether oxygens (including phenoxy) is 1. The molecule has 6 heteroatoms. The van der Waals surface area contributed by atoms with Crippen LogP contribution in [-0.2, 0) is 9.53 Å². The smallest absolute Gasteiger partial charge is 0.343 e. The van der Waals surface area contributed by atoms with Crippen molar-refractivity contribution < 1.29 is 14.6 Å². The van der Waals surface area contributed by atoms with Crippen molar-refractivity contribution in [2.45, 2.75) is 27.7 Å². The van der Waals surface area contributed by atoms with Gasteiger partial charge in [0, 0.05) is 29.5 Å². The molecule has 2 aromatic heterocycles. The first-order chi connectivity index (χ1) is 12.4. The predicted molar refractivity (Wildman–Crippen MR) is 100 cm³/mol. The van der Waals surface area contributed by atoms with Crippen LogP contribution in [0.15, 0.2) is 52.6 Å². The fraction of sp³-hybridized carbons (Fsp3) is 0.250. The number of aryl methyl sites for hydroxylation is 1. The van der Waals surface area contributed by atoms with E-state index in [9.17, 15) is 9.90 Å². The van der Waals surface area contributed by atoms with Gasteiger partial charge < -0.3 is 14.4 Å². The van der Waals surface area contributed by atoms with Crippen molar-refractivity contribution in [3.8, 4) is 5.69 Å². The number of aliphatic imine (C=N–C) groups is 1. The zero-order chi connectivity index (χ0) is 18.8. The number of hydrogen-bond donors (Lipinski definition) is 1. The molecule has 0 radical (unpaired) electrons. The minimum atomic E-state index is -0.558. The summed E-state index contributed by atoms with van der Waals surface area (Å²) in [7, 11) is 0. The zero-order valence-electron chi connectivity index (χ0n) is 15.3. The standard InChI is InChI=1S/C20H21N3O3/c1-5-26-20(25)18-13(3)22-17(19(18)24)11-15-10-12(2)23(14(15)4)16-6-8-21-9-7-16/h6-11,24H,5H2,1-4H3/b17-11+. The van der Waals surface area contributed by atoms with E-state index in [1.54, 1.807) is 32.3 Å². The molecule has 0 bridgehead atoms. The Bertz CT molecular complexity index is 950. The van der Waals surface area contributed by atoms with Gasteiger partial charge in [-0.3, -0.25) is 4.98 Å². The predicted octanol–water partition coefficient (Wildman–Crippen LogP) is 3.68. The normalized spacial score (nSPS) is 15.5. The lowest BCUT2D eigenvalue weighted by Crippen LogP contribution is -2.13. The fourth-order valence-corrected chi connectivity index (χ4v) is 3.11. The van der Waals surface area contributed by atoms with Crippen LogP contribution in [0.5, 0.6) is 0 Å². The van der Waals surface area contributed by atoms with Gasteiger partial charge in [-0.2, -0.15) is 0 Å². The number of nitrogens with zero attached hydrogens (tertiary/aromatic N) is 3. The molecule has 0 aliphatic carbocycles. The Hall–Kier alpha value is -3.15. The van der Waals surface area contributed by atoms with Crippen molar-refractivity contribution in [3.63, 3.8) is 0 Å². The summed E-state index contributed by atoms with van der Waals surface area (Å²) in [4.78, 5) is 20.4. The number of aliphatic hydroxyl groups is 1. The highest BCUT2D eigenvalue weighted by molar-refractivity contribution is 6.22. The van der Waals surface area contributed by atoms with E-state index >= 15 is 0 Å². The van der Waals surface area contributed by atoms with Crippen molar-refractivity contribution in [3.05, 3.63) is 64.6 Å². The Balaban J connectivity index is 2.03. The summed E-state index contributed by atoms with van der Waals surface area (Å²) in [5, 5.41) is 10.4. The molecule has 6 nitrogen and oxygen atoms in total. The molecular formula is C20H21N3O3. The highest BCUT2D eigenvalue weighted by Gasteiger charge is 2.27. The average molecular weight is 351 g/mol. The number of aliphatic hydroxyl groups excluding tert-OH is 1. The second-order valence-corrected chi connectivity index (χ2v) is 6.04. The number of carbonyl (C=O) groups excluding carboxylic acids is 1. The number of hydrogen-bond acceptors (Lipinski definition) is 5. The molecule has 0 atom stereocenters. The molecule has 1 aliphatic heterocycles. The first-order valence-electron chi connectivity index (χ1n) is 8.41. The van der Waals surface area contributed by atoms with Crippen molar-refractivity contribution in [1.29, 1.82) is 0 Å². The number of rotatable bonds is 4. The van der Waals surface area contributed by atoms with Crippen LogP contribution >= 0.6 is 0 Å². The van der Waals surface area contributed by atoms with Crippen LogP contribution in [0.3, 0.4) is 0 Å². The number of aromatic nitrogens is 2. The molecule has 0 saturated carbocycles. The quantitative estimate of drug-likeness (QED) is 0.853. The van der Waals surface area contributed by atoms with Crippen molar-refractivity contribution >= 4 is 17.8 Å². The minimum Gasteiger partial charge on any atom is -0.505 e. The molecule has 0 spiro atoms. The van der Waals surface area contributed by atoms with E-state index in [1.807, 2.05) is 32.0 Å². The SMILES string of the molecule is CCOC(=O)C1=C(O)/C(=C\c2cc(C)n(-c3ccncc3)c2C)N=C1C. The van der Waals surface area contributed by atoms with Gasteiger partial charge in [0.2, 0.25) is 0 Å². The van der Waals surface area contributed by atoms with Gasteiger partial charge in [0.15, 0.2) is 5.76 Å². The molecule has 1 aliphatic rings. The monoisotopic (exact) mass is 351 g/mol. The van der Waals surface area contributed by atoms with E-state index in [4.69, 9.17) is 4.74 Å². The maximum atomic E-state index is 12.0. The molecule has 3 rings (SSSR count). The molecule has 0 amide bonds. The Morgan fingerprint density at radius 1 is 1.27 bits per heavy atom. The Morgan fingerprint density at radius 3 is 2.62 bits per heavy atom. The Morgan fingerprint density at radius 2 is 1.96 bits per heavy atom. The van der Waals surface area contributed by atoms with Crippen molar-refractivity contribution in [2.75, 3.05) is 6.61 Å². The summed E-state index contributed by atoms with van der Waals surface area (Å²) < 4.78 is 7.10. The number of esters is 1. The van der Waals surface area contributed by atoms with E-state index in [1.165, 1.54) is 0 Å². The first-order valence-corrected chi connectivity index (χ1v) is 8.41. The third-order valence-corrected chi connectivity index (χ3v) is 4.29. The molecule has 0 unspecified atom stereocenters. The number of pyridine rings is 1. The highest BCUT2D eigenvalue weighted by Crippen LogP contribution is 2.29. The van der Waals surface area contributed by atoms with Crippen LogP contribution in [-0.4, -0.2) is 32.9 Å². The average Bonchev–Trinajstić information content (AvgIpc) is 3.04. The van der Waals surface area contributed by atoms with Gasteiger partial charge in [-0.25, -0.2) is 9.79 Å². The summed E-state index contributed by atoms with van der Waals surface area (Å²) in [5.74, 6) is -0.702. The van der Waals surface area contributed by atoms with Crippen LogP contribution in [0.25, 0.3) is 11.8 Å². The Kier molecular flexibility index (Phi) is 4.75. The van der Waals surface area contributed by atoms with Crippen LogP contribution < -0.4 is 0 Å². The van der Waals surface area contributed by atoms with Gasteiger partial charge in [-0.15, -0.1) is 0 Å². The minimum absolute atomic E-state index is 0.126. The van der Waals surface area contributed by atoms with Crippen LogP contribution in [0, 0.1) is 13.8 Å². The summed E-state index contributed by atoms with van der Waals surface area (Å²) in [6, 6.07) is 5.89. The third-order valence-electron chi connectivity index (χ3n) is 4.29. The molecule has 1 N–H and O–H groups in total. The van der Waals surface area contributed by atoms with E-state index in [-0.39, 0.29) is 17.9 Å². The van der Waals surface area contributed by atoms with Gasteiger partial charge in [0.05, 0.1) is 12.3 Å². The summed E-state index contributed by atoms with van der Waals surface area (Å²) >= 11 is 0. The van der Waals surface area contributed by atoms with Gasteiger partial charge in [-0.1, -0.05) is 0 Å². The molecular weight excluding hydrogens is 330 g/mol. The molecule has 0 fully saturated rings. The van der Waals surface area contributed by atoms with E-state index < -0.39 is 5.97 Å². The summed E-state index contributed by atoms with van der Waals surface area (Å²) in [6.07, 6.45) is 5.28. The molecule has 2 aromatic rings. The molecule has 134 valence electrons. The van der Waals surface area contributed by atoms with Crippen LogP contribution in [0.2, 0.25) is 0 Å². The first kappa shape index (κ1) is 17.7. The van der Waals surface area contributed by atoms with Crippen LogP contribution in [0.1, 0.15) is 30.8 Å². The largest absolute Gasteiger partial charge is 0.505 e. The summed E-state index contributed by atoms with van der Waals surface area (Å²) in [6.45, 7) is 7.66. The van der Waals surface area contributed by atoms with Crippen molar-refractivity contribution in [2.24, 2.45) is 4.99 Å². The van der Waals surface area contributed by atoms with Gasteiger partial charge in [-0.05, 0) is 57.5 Å². The lowest BCUT2D eigenvalue weighted by molar-refractivity contribution is -0.138. The van der Waals surface area contributed by atoms with Crippen molar-refractivity contribution in [1.82, 2.24) is 9.55 Å². The van der Waals surface area contributed by atoms with E-state index in [2.05, 4.69) is 14.5 Å². The zero-order valence-corrected chi connectivity index (χ0v) is 15.3. The van der Waals surface area contributed by atoms with Gasteiger partial charge in [0.1, 0.15) is 11.3 Å². The second kappa shape index (κ2) is 7.00. The topological polar surface area (TPSA) is 76.7 Å².